The zero-order chi connectivity index (χ0) is 15.4. The largest absolute Gasteiger partial charge is 0.468 e. The highest BCUT2D eigenvalue weighted by molar-refractivity contribution is 7.89. The van der Waals surface area contributed by atoms with Gasteiger partial charge in [0.05, 0.1) is 17.7 Å². The minimum atomic E-state index is -3.58. The zero-order valence-corrected chi connectivity index (χ0v) is 13.4. The lowest BCUT2D eigenvalue weighted by Crippen LogP contribution is -2.30. The topological polar surface area (TPSA) is 50.5 Å². The van der Waals surface area contributed by atoms with E-state index >= 15 is 0 Å². The van der Waals surface area contributed by atoms with E-state index in [0.29, 0.717) is 12.3 Å². The Hall–Kier alpha value is -1.89. The van der Waals surface area contributed by atoms with E-state index in [-0.39, 0.29) is 11.4 Å². The van der Waals surface area contributed by atoms with Crippen LogP contribution in [-0.4, -0.2) is 12.7 Å². The molecule has 2 aromatic heterocycles. The summed E-state index contributed by atoms with van der Waals surface area (Å²) in [7, 11) is -3.58. The molecule has 22 heavy (non-hydrogen) atoms. The molecule has 0 spiro atoms. The van der Waals surface area contributed by atoms with E-state index < -0.39 is 10.0 Å². The van der Waals surface area contributed by atoms with Crippen molar-refractivity contribution < 1.29 is 12.8 Å². The molecule has 0 radical (unpaired) electrons. The molecule has 0 saturated heterocycles. The Morgan fingerprint density at radius 3 is 2.45 bits per heavy atom. The van der Waals surface area contributed by atoms with E-state index in [4.69, 9.17) is 4.42 Å². The predicted molar refractivity (Wildman–Crippen MR) is 85.9 cm³/mol. The fourth-order valence-electron chi connectivity index (χ4n) is 2.13. The summed E-state index contributed by atoms with van der Waals surface area (Å²) < 4.78 is 32.5. The van der Waals surface area contributed by atoms with Crippen LogP contribution >= 0.6 is 11.3 Å². The average Bonchev–Trinajstić information content (AvgIpc) is 3.21. The highest BCUT2D eigenvalue weighted by Crippen LogP contribution is 2.22. The van der Waals surface area contributed by atoms with Gasteiger partial charge in [0.1, 0.15) is 5.76 Å². The molecule has 0 unspecified atom stereocenters. The van der Waals surface area contributed by atoms with Crippen LogP contribution in [0.4, 0.5) is 0 Å². The third-order valence-corrected chi connectivity index (χ3v) is 5.77. The molecule has 114 valence electrons. The number of hydrogen-bond acceptors (Lipinski definition) is 4. The first-order valence-electron chi connectivity index (χ1n) is 6.75. The molecule has 0 amide bonds. The van der Waals surface area contributed by atoms with Crippen molar-refractivity contribution in [1.82, 2.24) is 4.31 Å². The van der Waals surface area contributed by atoms with Gasteiger partial charge in [0.2, 0.25) is 10.0 Å². The summed E-state index contributed by atoms with van der Waals surface area (Å²) >= 11 is 1.55. The van der Waals surface area contributed by atoms with Gasteiger partial charge < -0.3 is 4.42 Å². The zero-order valence-electron chi connectivity index (χ0n) is 11.8. The van der Waals surface area contributed by atoms with E-state index in [2.05, 4.69) is 0 Å². The van der Waals surface area contributed by atoms with Crippen LogP contribution in [0.5, 0.6) is 0 Å². The standard InChI is InChI=1S/C16H15NO3S2/c18-22(19,16-6-2-1-3-7-16)17(11-14-8-10-21-13-14)12-15-5-4-9-20-15/h1-10,13H,11-12H2. The van der Waals surface area contributed by atoms with Crippen LogP contribution in [0.3, 0.4) is 0 Å². The number of rotatable bonds is 6. The highest BCUT2D eigenvalue weighted by atomic mass is 32.2. The molecular formula is C16H15NO3S2. The first-order chi connectivity index (χ1) is 10.7. The van der Waals surface area contributed by atoms with Crippen LogP contribution in [0, 0.1) is 0 Å². The van der Waals surface area contributed by atoms with Crippen LogP contribution in [0.2, 0.25) is 0 Å². The summed E-state index contributed by atoms with van der Waals surface area (Å²) in [5, 5.41) is 3.89. The second-order valence-electron chi connectivity index (χ2n) is 4.80. The van der Waals surface area contributed by atoms with Gasteiger partial charge in [0.25, 0.3) is 0 Å². The molecule has 0 fully saturated rings. The van der Waals surface area contributed by atoms with Crippen molar-refractivity contribution in [2.45, 2.75) is 18.0 Å². The second-order valence-corrected chi connectivity index (χ2v) is 7.52. The predicted octanol–water partition coefficient (Wildman–Crippen LogP) is 3.73. The van der Waals surface area contributed by atoms with Crippen molar-refractivity contribution in [1.29, 1.82) is 0 Å². The number of thiophene rings is 1. The highest BCUT2D eigenvalue weighted by Gasteiger charge is 2.25. The number of nitrogens with zero attached hydrogens (tertiary/aromatic N) is 1. The van der Waals surface area contributed by atoms with E-state index in [1.807, 2.05) is 16.8 Å². The third-order valence-electron chi connectivity index (χ3n) is 3.23. The van der Waals surface area contributed by atoms with Crippen molar-refractivity contribution in [3.8, 4) is 0 Å². The van der Waals surface area contributed by atoms with Gasteiger partial charge in [0.15, 0.2) is 0 Å². The molecule has 0 bridgehead atoms. The Morgan fingerprint density at radius 1 is 1.00 bits per heavy atom. The first kappa shape index (κ1) is 15.0. The average molecular weight is 333 g/mol. The Labute approximate surface area is 133 Å². The minimum absolute atomic E-state index is 0.208. The van der Waals surface area contributed by atoms with Gasteiger partial charge in [0, 0.05) is 6.54 Å². The molecule has 0 N–H and O–H groups in total. The van der Waals surface area contributed by atoms with Crippen molar-refractivity contribution in [3.05, 3.63) is 76.9 Å². The summed E-state index contributed by atoms with van der Waals surface area (Å²) in [6.45, 7) is 0.529. The molecule has 3 aromatic rings. The van der Waals surface area contributed by atoms with Crippen molar-refractivity contribution in [2.75, 3.05) is 0 Å². The van der Waals surface area contributed by atoms with Crippen LogP contribution in [0.1, 0.15) is 11.3 Å². The van der Waals surface area contributed by atoms with Crippen molar-refractivity contribution in [2.24, 2.45) is 0 Å². The van der Waals surface area contributed by atoms with Crippen LogP contribution in [0.15, 0.2) is 74.9 Å². The van der Waals surface area contributed by atoms with E-state index in [1.165, 1.54) is 4.31 Å². The molecule has 4 nitrogen and oxygen atoms in total. The van der Waals surface area contributed by atoms with E-state index in [1.54, 1.807) is 60.1 Å². The van der Waals surface area contributed by atoms with Crippen LogP contribution < -0.4 is 0 Å². The monoisotopic (exact) mass is 333 g/mol. The normalized spacial score (nSPS) is 11.9. The van der Waals surface area contributed by atoms with Gasteiger partial charge in [-0.1, -0.05) is 18.2 Å². The Morgan fingerprint density at radius 2 is 1.82 bits per heavy atom. The maximum Gasteiger partial charge on any atom is 0.243 e. The van der Waals surface area contributed by atoms with Gasteiger partial charge in [-0.05, 0) is 46.7 Å². The summed E-state index contributed by atoms with van der Waals surface area (Å²) in [5.41, 5.74) is 0.969. The lowest BCUT2D eigenvalue weighted by Gasteiger charge is -2.20. The summed E-state index contributed by atoms with van der Waals surface area (Å²) in [5.74, 6) is 0.620. The number of benzene rings is 1. The SMILES string of the molecule is O=S(=O)(c1ccccc1)N(Cc1ccsc1)Cc1ccco1. The minimum Gasteiger partial charge on any atom is -0.468 e. The Balaban J connectivity index is 1.93. The molecule has 0 atom stereocenters. The van der Waals surface area contributed by atoms with Gasteiger partial charge in [-0.3, -0.25) is 0 Å². The molecule has 2 heterocycles. The molecule has 0 saturated carbocycles. The molecule has 0 aliphatic heterocycles. The fraction of sp³-hybridized carbons (Fsp3) is 0.125. The van der Waals surface area contributed by atoms with E-state index in [9.17, 15) is 8.42 Å². The fourth-order valence-corrected chi connectivity index (χ4v) is 4.21. The molecule has 1 aromatic carbocycles. The number of furan rings is 1. The smallest absolute Gasteiger partial charge is 0.243 e. The van der Waals surface area contributed by atoms with Crippen molar-refractivity contribution >= 4 is 21.4 Å². The summed E-state index contributed by atoms with van der Waals surface area (Å²) in [4.78, 5) is 0.289. The molecular weight excluding hydrogens is 318 g/mol. The van der Waals surface area contributed by atoms with Gasteiger partial charge >= 0.3 is 0 Å². The Bertz CT molecular complexity index is 758. The lowest BCUT2D eigenvalue weighted by molar-refractivity contribution is 0.359. The summed E-state index contributed by atoms with van der Waals surface area (Å²) in [6, 6.07) is 13.9. The molecule has 0 aliphatic rings. The second kappa shape index (κ2) is 6.48. The quantitative estimate of drug-likeness (QED) is 0.690. The first-order valence-corrected chi connectivity index (χ1v) is 9.13. The summed E-state index contributed by atoms with van der Waals surface area (Å²) in [6.07, 6.45) is 1.55. The number of sulfonamides is 1. The Kier molecular flexibility index (Phi) is 4.42. The molecule has 6 heteroatoms. The molecule has 3 rings (SSSR count). The number of hydrogen-bond donors (Lipinski definition) is 0. The maximum absolute atomic E-state index is 12.9. The van der Waals surface area contributed by atoms with Gasteiger partial charge in [-0.15, -0.1) is 0 Å². The van der Waals surface area contributed by atoms with Crippen LogP contribution in [0.25, 0.3) is 0 Å². The van der Waals surface area contributed by atoms with Crippen LogP contribution in [-0.2, 0) is 23.1 Å². The lowest BCUT2D eigenvalue weighted by atomic mass is 10.3. The van der Waals surface area contributed by atoms with Gasteiger partial charge in [-0.2, -0.15) is 15.6 Å². The third kappa shape index (κ3) is 3.30. The van der Waals surface area contributed by atoms with Gasteiger partial charge in [-0.25, -0.2) is 8.42 Å². The van der Waals surface area contributed by atoms with Crippen molar-refractivity contribution in [3.63, 3.8) is 0 Å². The maximum atomic E-state index is 12.9. The molecule has 0 aliphatic carbocycles. The van der Waals surface area contributed by atoms with E-state index in [0.717, 1.165) is 5.56 Å².